The maximum atomic E-state index is 9.99. The first-order valence-electron chi connectivity index (χ1n) is 6.76. The molecule has 2 heterocycles. The summed E-state index contributed by atoms with van der Waals surface area (Å²) < 4.78 is 10.9. The standard InChI is InChI=1S/C14H16ClNO6/c15-13-12(6-3-1-2-4-7(6)16-13)22-14-11(20)10(19)9(18)8(5-17)21-14/h1-4,8-11,14,16-20H,5H2/t8-,9-,10+,11-,14?/m1/s1. The van der Waals surface area contributed by atoms with E-state index in [0.717, 1.165) is 5.52 Å². The fourth-order valence-electron chi connectivity index (χ4n) is 2.48. The SMILES string of the molecule is OC[C@H]1OC(Oc2c(Cl)[nH]c3ccccc23)[C@H](O)[C@@H](O)[C@@H]1O. The highest BCUT2D eigenvalue weighted by atomic mass is 35.5. The summed E-state index contributed by atoms with van der Waals surface area (Å²) in [5.74, 6) is 0.265. The summed E-state index contributed by atoms with van der Waals surface area (Å²) in [7, 11) is 0. The van der Waals surface area contributed by atoms with Gasteiger partial charge in [-0.2, -0.15) is 0 Å². The summed E-state index contributed by atoms with van der Waals surface area (Å²) in [6.07, 6.45) is -6.72. The van der Waals surface area contributed by atoms with Crippen molar-refractivity contribution in [2.75, 3.05) is 6.61 Å². The Morgan fingerprint density at radius 2 is 1.86 bits per heavy atom. The number of fused-ring (bicyclic) bond motifs is 1. The van der Waals surface area contributed by atoms with Gasteiger partial charge in [-0.1, -0.05) is 23.7 Å². The molecule has 1 unspecified atom stereocenters. The van der Waals surface area contributed by atoms with Crippen LogP contribution in [-0.4, -0.2) is 62.7 Å². The van der Waals surface area contributed by atoms with Crippen molar-refractivity contribution in [3.05, 3.63) is 29.4 Å². The molecule has 1 saturated heterocycles. The molecule has 0 spiro atoms. The number of aliphatic hydroxyl groups excluding tert-OH is 4. The zero-order chi connectivity index (χ0) is 15.9. The number of aromatic nitrogens is 1. The van der Waals surface area contributed by atoms with E-state index in [-0.39, 0.29) is 10.9 Å². The minimum absolute atomic E-state index is 0.221. The summed E-state index contributed by atoms with van der Waals surface area (Å²) in [4.78, 5) is 2.92. The molecule has 0 bridgehead atoms. The minimum atomic E-state index is -1.50. The van der Waals surface area contributed by atoms with E-state index in [9.17, 15) is 20.4 Å². The predicted octanol–water partition coefficient (Wildman–Crippen LogP) is -0.000000000000000278. The van der Waals surface area contributed by atoms with Gasteiger partial charge >= 0.3 is 0 Å². The number of nitrogens with one attached hydrogen (secondary N) is 1. The summed E-state index contributed by atoms with van der Waals surface area (Å²) in [5, 5.41) is 39.6. The first kappa shape index (κ1) is 15.5. The number of aliphatic hydroxyl groups is 4. The van der Waals surface area contributed by atoms with E-state index in [1.165, 1.54) is 0 Å². The van der Waals surface area contributed by atoms with Crippen LogP contribution in [0.1, 0.15) is 0 Å². The predicted molar refractivity (Wildman–Crippen MR) is 77.7 cm³/mol. The Morgan fingerprint density at radius 3 is 2.59 bits per heavy atom. The van der Waals surface area contributed by atoms with Gasteiger partial charge in [0.2, 0.25) is 6.29 Å². The number of rotatable bonds is 3. The molecule has 0 saturated carbocycles. The Hall–Kier alpha value is -1.35. The lowest BCUT2D eigenvalue weighted by atomic mass is 9.99. The Kier molecular flexibility index (Phi) is 4.26. The fraction of sp³-hybridized carbons (Fsp3) is 0.429. The van der Waals surface area contributed by atoms with E-state index in [2.05, 4.69) is 4.98 Å². The van der Waals surface area contributed by atoms with Gasteiger partial charge in [-0.05, 0) is 12.1 Å². The summed E-state index contributed by atoms with van der Waals surface area (Å²) in [6, 6.07) is 7.21. The fourth-order valence-corrected chi connectivity index (χ4v) is 2.73. The second-order valence-corrected chi connectivity index (χ2v) is 5.51. The van der Waals surface area contributed by atoms with Crippen LogP contribution in [0.3, 0.4) is 0 Å². The molecule has 8 heteroatoms. The van der Waals surface area contributed by atoms with Crippen LogP contribution in [0.25, 0.3) is 10.9 Å². The molecule has 120 valence electrons. The van der Waals surface area contributed by atoms with Crippen molar-refractivity contribution in [1.82, 2.24) is 4.98 Å². The Balaban J connectivity index is 1.89. The molecule has 1 aliphatic rings. The number of benzene rings is 1. The van der Waals surface area contributed by atoms with Gasteiger partial charge in [0, 0.05) is 5.39 Å². The summed E-state index contributed by atoms with van der Waals surface area (Å²) in [5.41, 5.74) is 0.743. The number of hydrogen-bond donors (Lipinski definition) is 5. The highest BCUT2D eigenvalue weighted by molar-refractivity contribution is 6.32. The average molecular weight is 330 g/mol. The Bertz CT molecular complexity index is 660. The van der Waals surface area contributed by atoms with Crippen molar-refractivity contribution in [2.45, 2.75) is 30.7 Å². The van der Waals surface area contributed by atoms with Gasteiger partial charge in [0.1, 0.15) is 29.6 Å². The molecule has 5 N–H and O–H groups in total. The van der Waals surface area contributed by atoms with E-state index < -0.39 is 37.3 Å². The molecule has 1 aromatic carbocycles. The third-order valence-corrected chi connectivity index (χ3v) is 3.96. The molecule has 2 aromatic rings. The molecule has 1 aliphatic heterocycles. The molecule has 0 radical (unpaired) electrons. The van der Waals surface area contributed by atoms with Crippen LogP contribution >= 0.6 is 11.6 Å². The van der Waals surface area contributed by atoms with Crippen LogP contribution in [0, 0.1) is 0 Å². The van der Waals surface area contributed by atoms with Crippen molar-refractivity contribution < 1.29 is 29.9 Å². The lowest BCUT2D eigenvalue weighted by molar-refractivity contribution is -0.277. The quantitative estimate of drug-likeness (QED) is 0.541. The molecule has 1 aromatic heterocycles. The molecular formula is C14H16ClNO6. The van der Waals surface area contributed by atoms with Gasteiger partial charge in [-0.3, -0.25) is 0 Å². The lowest BCUT2D eigenvalue weighted by Crippen LogP contribution is -2.60. The molecule has 3 rings (SSSR count). The second kappa shape index (κ2) is 6.04. The highest BCUT2D eigenvalue weighted by Gasteiger charge is 2.45. The number of aromatic amines is 1. The normalized spacial score (nSPS) is 32.3. The molecular weight excluding hydrogens is 314 g/mol. The number of ether oxygens (including phenoxy) is 2. The molecule has 0 aliphatic carbocycles. The van der Waals surface area contributed by atoms with Gasteiger partial charge in [-0.25, -0.2) is 0 Å². The van der Waals surface area contributed by atoms with Gasteiger partial charge in [0.15, 0.2) is 5.75 Å². The zero-order valence-electron chi connectivity index (χ0n) is 11.4. The van der Waals surface area contributed by atoms with Gasteiger partial charge in [0.25, 0.3) is 0 Å². The van der Waals surface area contributed by atoms with Crippen molar-refractivity contribution in [1.29, 1.82) is 0 Å². The van der Waals surface area contributed by atoms with Crippen LogP contribution in [0.4, 0.5) is 0 Å². The van der Waals surface area contributed by atoms with E-state index >= 15 is 0 Å². The van der Waals surface area contributed by atoms with Crippen LogP contribution in [0.2, 0.25) is 5.15 Å². The second-order valence-electron chi connectivity index (χ2n) is 5.13. The van der Waals surface area contributed by atoms with Crippen molar-refractivity contribution in [2.24, 2.45) is 0 Å². The van der Waals surface area contributed by atoms with Crippen LogP contribution < -0.4 is 4.74 Å². The number of halogens is 1. The Morgan fingerprint density at radius 1 is 1.14 bits per heavy atom. The molecule has 7 nitrogen and oxygen atoms in total. The van der Waals surface area contributed by atoms with Crippen LogP contribution in [0.5, 0.6) is 5.75 Å². The average Bonchev–Trinajstić information content (AvgIpc) is 2.83. The molecule has 5 atom stereocenters. The van der Waals surface area contributed by atoms with Gasteiger partial charge in [0.05, 0.1) is 12.1 Å². The monoisotopic (exact) mass is 329 g/mol. The van der Waals surface area contributed by atoms with Gasteiger partial charge < -0.3 is 34.9 Å². The summed E-state index contributed by atoms with van der Waals surface area (Å²) in [6.45, 7) is -0.521. The van der Waals surface area contributed by atoms with Gasteiger partial charge in [-0.15, -0.1) is 0 Å². The smallest absolute Gasteiger partial charge is 0.229 e. The van der Waals surface area contributed by atoms with Crippen molar-refractivity contribution in [3.8, 4) is 5.75 Å². The lowest BCUT2D eigenvalue weighted by Gasteiger charge is -2.39. The third-order valence-electron chi connectivity index (χ3n) is 3.70. The number of H-pyrrole nitrogens is 1. The maximum absolute atomic E-state index is 9.99. The van der Waals surface area contributed by atoms with E-state index in [1.807, 2.05) is 6.07 Å². The van der Waals surface area contributed by atoms with E-state index in [0.29, 0.717) is 5.39 Å². The Labute approximate surface area is 130 Å². The van der Waals surface area contributed by atoms with Crippen molar-refractivity contribution in [3.63, 3.8) is 0 Å². The molecule has 1 fully saturated rings. The van der Waals surface area contributed by atoms with Crippen LogP contribution in [-0.2, 0) is 4.74 Å². The van der Waals surface area contributed by atoms with Crippen LogP contribution in [0.15, 0.2) is 24.3 Å². The molecule has 22 heavy (non-hydrogen) atoms. The topological polar surface area (TPSA) is 115 Å². The summed E-state index contributed by atoms with van der Waals surface area (Å²) >= 11 is 6.09. The van der Waals surface area contributed by atoms with E-state index in [4.69, 9.17) is 21.1 Å². The molecule has 0 amide bonds. The zero-order valence-corrected chi connectivity index (χ0v) is 12.1. The third kappa shape index (κ3) is 2.56. The largest absolute Gasteiger partial charge is 0.458 e. The first-order chi connectivity index (χ1) is 10.5. The number of para-hydroxylation sites is 1. The minimum Gasteiger partial charge on any atom is -0.458 e. The van der Waals surface area contributed by atoms with E-state index in [1.54, 1.807) is 18.2 Å². The van der Waals surface area contributed by atoms with Crippen molar-refractivity contribution >= 4 is 22.5 Å². The highest BCUT2D eigenvalue weighted by Crippen LogP contribution is 2.35. The number of hydrogen-bond acceptors (Lipinski definition) is 6. The maximum Gasteiger partial charge on any atom is 0.229 e. The first-order valence-corrected chi connectivity index (χ1v) is 7.14.